The molecular weight excluding hydrogens is 422 g/mol. The molecule has 0 radical (unpaired) electrons. The van der Waals surface area contributed by atoms with E-state index in [1.165, 1.54) is 0 Å². The Morgan fingerprint density at radius 1 is 1.18 bits per heavy atom. The number of hydrogen-bond donors (Lipinski definition) is 4. The second kappa shape index (κ2) is 9.82. The highest BCUT2D eigenvalue weighted by Crippen LogP contribution is 2.22. The minimum atomic E-state index is -0.276. The fourth-order valence-corrected chi connectivity index (χ4v) is 4.86. The van der Waals surface area contributed by atoms with E-state index in [4.69, 9.17) is 0 Å². The Morgan fingerprint density at radius 3 is 2.46 bits per heavy atom. The number of hydrogen-bond acceptors (Lipinski definition) is 5. The number of nitrogens with one attached hydrogen (secondary N) is 4. The molecule has 2 amide bonds. The molecule has 4 N–H and O–H groups in total. The van der Waals surface area contributed by atoms with E-state index in [9.17, 15) is 9.59 Å². The Kier molecular flexibility index (Phi) is 7.45. The maximum absolute atomic E-state index is 12.6. The van der Waals surface area contributed by atoms with E-state index in [1.807, 2.05) is 30.3 Å². The Morgan fingerprint density at radius 2 is 1.86 bits per heavy atom. The van der Waals surface area contributed by atoms with Crippen LogP contribution >= 0.6 is 15.9 Å². The molecule has 154 valence electrons. The van der Waals surface area contributed by atoms with Gasteiger partial charge in [0, 0.05) is 30.9 Å². The van der Waals surface area contributed by atoms with E-state index >= 15 is 0 Å². The standard InChI is InChI=1S/C20H30BrN5O2/c1-13(2)18-17(21)19(25-24-18)20(28)23-15-8-10-26(11-9-15)12-16(27)22-14-6-4-3-5-7-14/h3-7,13,15,17-19,24-25H,8-12H2,1-2H3,(H,22,27)(H,23,28). The molecular formula is C20H30BrN5O2. The van der Waals surface area contributed by atoms with E-state index in [0.29, 0.717) is 12.5 Å². The number of para-hydroxylation sites is 1. The summed E-state index contributed by atoms with van der Waals surface area (Å²) < 4.78 is 0. The predicted molar refractivity (Wildman–Crippen MR) is 114 cm³/mol. The lowest BCUT2D eigenvalue weighted by Crippen LogP contribution is -2.52. The Balaban J connectivity index is 1.39. The van der Waals surface area contributed by atoms with Gasteiger partial charge in [-0.2, -0.15) is 0 Å². The molecule has 0 aliphatic carbocycles. The topological polar surface area (TPSA) is 85.5 Å². The molecule has 2 aliphatic heterocycles. The lowest BCUT2D eigenvalue weighted by atomic mass is 9.98. The summed E-state index contributed by atoms with van der Waals surface area (Å²) in [6.07, 6.45) is 1.70. The maximum atomic E-state index is 12.6. The number of benzene rings is 1. The Hall–Kier alpha value is -1.48. The molecule has 0 aromatic heterocycles. The quantitative estimate of drug-likeness (QED) is 0.492. The van der Waals surface area contributed by atoms with Gasteiger partial charge in [-0.15, -0.1) is 0 Å². The van der Waals surface area contributed by atoms with Gasteiger partial charge < -0.3 is 10.6 Å². The number of hydrazine groups is 1. The molecule has 3 unspecified atom stereocenters. The highest BCUT2D eigenvalue weighted by atomic mass is 79.9. The number of rotatable bonds is 6. The van der Waals surface area contributed by atoms with Crippen molar-refractivity contribution in [2.24, 2.45) is 5.92 Å². The largest absolute Gasteiger partial charge is 0.352 e. The minimum absolute atomic E-state index is 0.00299. The molecule has 3 rings (SSSR count). The van der Waals surface area contributed by atoms with Crippen molar-refractivity contribution in [3.63, 3.8) is 0 Å². The van der Waals surface area contributed by atoms with Crippen molar-refractivity contribution < 1.29 is 9.59 Å². The summed E-state index contributed by atoms with van der Waals surface area (Å²) in [5.74, 6) is 0.453. The fraction of sp³-hybridized carbons (Fsp3) is 0.600. The van der Waals surface area contributed by atoms with Crippen molar-refractivity contribution in [3.05, 3.63) is 30.3 Å². The number of halogens is 1. The summed E-state index contributed by atoms with van der Waals surface area (Å²) >= 11 is 3.66. The van der Waals surface area contributed by atoms with Crippen LogP contribution in [0.1, 0.15) is 26.7 Å². The number of piperidine rings is 1. The van der Waals surface area contributed by atoms with Gasteiger partial charge in [0.1, 0.15) is 6.04 Å². The summed E-state index contributed by atoms with van der Waals surface area (Å²) in [7, 11) is 0. The third kappa shape index (κ3) is 5.53. The van der Waals surface area contributed by atoms with Crippen LogP contribution in [0.5, 0.6) is 0 Å². The second-order valence-electron chi connectivity index (χ2n) is 7.95. The Bertz CT molecular complexity index is 664. The zero-order valence-electron chi connectivity index (χ0n) is 16.5. The number of anilines is 1. The maximum Gasteiger partial charge on any atom is 0.239 e. The highest BCUT2D eigenvalue weighted by Gasteiger charge is 2.40. The SMILES string of the molecule is CC(C)C1NNC(C(=O)NC2CCN(CC(=O)Nc3ccccc3)CC2)C1Br. The minimum Gasteiger partial charge on any atom is -0.352 e. The molecule has 0 spiro atoms. The van der Waals surface area contributed by atoms with Gasteiger partial charge >= 0.3 is 0 Å². The number of nitrogens with zero attached hydrogens (tertiary/aromatic N) is 1. The van der Waals surface area contributed by atoms with Crippen molar-refractivity contribution in [1.29, 1.82) is 0 Å². The molecule has 2 fully saturated rings. The van der Waals surface area contributed by atoms with Crippen LogP contribution in [0.3, 0.4) is 0 Å². The van der Waals surface area contributed by atoms with Crippen molar-refractivity contribution in [3.8, 4) is 0 Å². The van der Waals surface area contributed by atoms with Gasteiger partial charge in [0.05, 0.1) is 11.4 Å². The summed E-state index contributed by atoms with van der Waals surface area (Å²) in [5.41, 5.74) is 7.14. The van der Waals surface area contributed by atoms with Crippen LogP contribution in [-0.2, 0) is 9.59 Å². The van der Waals surface area contributed by atoms with Gasteiger partial charge in [-0.3, -0.25) is 19.9 Å². The zero-order valence-corrected chi connectivity index (χ0v) is 18.0. The van der Waals surface area contributed by atoms with Gasteiger partial charge in [-0.05, 0) is 30.9 Å². The molecule has 3 atom stereocenters. The predicted octanol–water partition coefficient (Wildman–Crippen LogP) is 1.47. The van der Waals surface area contributed by atoms with E-state index in [-0.39, 0.29) is 34.8 Å². The molecule has 2 aliphatic rings. The van der Waals surface area contributed by atoms with Crippen molar-refractivity contribution >= 4 is 33.4 Å². The summed E-state index contributed by atoms with van der Waals surface area (Å²) in [6, 6.07) is 9.59. The van der Waals surface area contributed by atoms with Gasteiger partial charge in [0.2, 0.25) is 11.8 Å². The number of amides is 2. The molecule has 8 heteroatoms. The van der Waals surface area contributed by atoms with Crippen LogP contribution in [0.4, 0.5) is 5.69 Å². The summed E-state index contributed by atoms with van der Waals surface area (Å²) in [5, 5.41) is 6.08. The molecule has 2 saturated heterocycles. The first kappa shape index (κ1) is 21.2. The fourth-order valence-electron chi connectivity index (χ4n) is 3.75. The van der Waals surface area contributed by atoms with Crippen LogP contribution in [0.15, 0.2) is 30.3 Å². The average Bonchev–Trinajstić information content (AvgIpc) is 3.06. The highest BCUT2D eigenvalue weighted by molar-refractivity contribution is 9.09. The molecule has 1 aromatic rings. The smallest absolute Gasteiger partial charge is 0.239 e. The lowest BCUT2D eigenvalue weighted by Gasteiger charge is -2.32. The number of alkyl halides is 1. The third-order valence-corrected chi connectivity index (χ3v) is 6.52. The van der Waals surface area contributed by atoms with E-state index in [2.05, 4.69) is 56.2 Å². The van der Waals surface area contributed by atoms with Crippen molar-refractivity contribution in [2.75, 3.05) is 25.0 Å². The summed E-state index contributed by atoms with van der Waals surface area (Å²) in [6.45, 7) is 6.25. The van der Waals surface area contributed by atoms with Crippen LogP contribution in [0.25, 0.3) is 0 Å². The third-order valence-electron chi connectivity index (χ3n) is 5.43. The molecule has 28 heavy (non-hydrogen) atoms. The van der Waals surface area contributed by atoms with Gasteiger partial charge in [-0.1, -0.05) is 48.0 Å². The second-order valence-corrected chi connectivity index (χ2v) is 9.01. The van der Waals surface area contributed by atoms with Gasteiger partial charge in [0.25, 0.3) is 0 Å². The van der Waals surface area contributed by atoms with E-state index < -0.39 is 0 Å². The van der Waals surface area contributed by atoms with Crippen LogP contribution in [0.2, 0.25) is 0 Å². The molecule has 0 saturated carbocycles. The zero-order chi connectivity index (χ0) is 20.1. The first-order chi connectivity index (χ1) is 13.4. The van der Waals surface area contributed by atoms with Gasteiger partial charge in [-0.25, -0.2) is 5.43 Å². The first-order valence-corrected chi connectivity index (χ1v) is 10.9. The first-order valence-electron chi connectivity index (χ1n) is 9.97. The Labute approximate surface area is 175 Å². The summed E-state index contributed by atoms with van der Waals surface area (Å²) in [4.78, 5) is 27.0. The molecule has 7 nitrogen and oxygen atoms in total. The number of carbonyl (C=O) groups is 2. The normalized spacial score (nSPS) is 26.4. The number of carbonyl (C=O) groups excluding carboxylic acids is 2. The van der Waals surface area contributed by atoms with Gasteiger partial charge in [0.15, 0.2) is 0 Å². The van der Waals surface area contributed by atoms with Crippen molar-refractivity contribution in [2.45, 2.75) is 49.6 Å². The average molecular weight is 452 g/mol. The van der Waals surface area contributed by atoms with E-state index in [1.54, 1.807) is 0 Å². The monoisotopic (exact) mass is 451 g/mol. The van der Waals surface area contributed by atoms with Crippen LogP contribution in [-0.4, -0.2) is 59.3 Å². The van der Waals surface area contributed by atoms with Crippen LogP contribution in [0, 0.1) is 5.92 Å². The van der Waals surface area contributed by atoms with Crippen molar-refractivity contribution in [1.82, 2.24) is 21.1 Å². The molecule has 0 bridgehead atoms. The van der Waals surface area contributed by atoms with Crippen LogP contribution < -0.4 is 21.5 Å². The molecule has 2 heterocycles. The molecule has 1 aromatic carbocycles. The number of likely N-dealkylation sites (tertiary alicyclic amines) is 1. The lowest BCUT2D eigenvalue weighted by molar-refractivity contribution is -0.124. The van der Waals surface area contributed by atoms with E-state index in [0.717, 1.165) is 31.6 Å².